The van der Waals surface area contributed by atoms with Crippen LogP contribution in [0.5, 0.6) is 0 Å². The van der Waals surface area contributed by atoms with Gasteiger partial charge in [-0.05, 0) is 36.8 Å². The van der Waals surface area contributed by atoms with E-state index in [4.69, 9.17) is 11.6 Å². The Kier molecular flexibility index (Phi) is 7.33. The topological polar surface area (TPSA) is 86.0 Å². The minimum absolute atomic E-state index is 0.0392. The van der Waals surface area contributed by atoms with Crippen molar-refractivity contribution in [2.24, 2.45) is 7.05 Å². The zero-order chi connectivity index (χ0) is 21.7. The summed E-state index contributed by atoms with van der Waals surface area (Å²) < 4.78 is 3.23. The lowest BCUT2D eigenvalue weighted by Gasteiger charge is -2.13. The van der Waals surface area contributed by atoms with E-state index in [1.807, 2.05) is 0 Å². The molecule has 0 spiro atoms. The fraction of sp³-hybridized carbons (Fsp3) is 0.333. The summed E-state index contributed by atoms with van der Waals surface area (Å²) in [6.45, 7) is 2.61. The van der Waals surface area contributed by atoms with Crippen molar-refractivity contribution in [1.29, 1.82) is 0 Å². The van der Waals surface area contributed by atoms with E-state index in [0.29, 0.717) is 33.3 Å². The van der Waals surface area contributed by atoms with E-state index in [1.54, 1.807) is 52.7 Å². The highest BCUT2D eigenvalue weighted by atomic mass is 35.5. The Morgan fingerprint density at radius 1 is 1.23 bits per heavy atom. The third-order valence-corrected chi connectivity index (χ3v) is 5.84. The van der Waals surface area contributed by atoms with Crippen LogP contribution < -0.4 is 10.9 Å². The third kappa shape index (κ3) is 5.12. The summed E-state index contributed by atoms with van der Waals surface area (Å²) in [4.78, 5) is 42.1. The number of halogens is 1. The first-order valence-electron chi connectivity index (χ1n) is 9.69. The molecular weight excluding hydrogens is 424 g/mol. The molecule has 0 fully saturated rings. The summed E-state index contributed by atoms with van der Waals surface area (Å²) in [5.74, 6) is -0.957. The van der Waals surface area contributed by atoms with Crippen LogP contribution >= 0.6 is 23.4 Å². The maximum Gasteiger partial charge on any atom is 0.274 e. The van der Waals surface area contributed by atoms with Gasteiger partial charge in [0.05, 0.1) is 16.7 Å². The number of carbonyl (C=O) groups excluding carboxylic acids is 2. The smallest absolute Gasteiger partial charge is 0.274 e. The van der Waals surface area contributed by atoms with Gasteiger partial charge in [-0.3, -0.25) is 24.3 Å². The highest BCUT2D eigenvalue weighted by Gasteiger charge is 2.16. The molecule has 0 aliphatic heterocycles. The van der Waals surface area contributed by atoms with Crippen molar-refractivity contribution in [2.45, 2.75) is 37.9 Å². The average Bonchev–Trinajstić information content (AvgIpc) is 3.14. The quantitative estimate of drug-likeness (QED) is 0.324. The molecule has 0 saturated heterocycles. The van der Waals surface area contributed by atoms with Crippen LogP contribution in [0.25, 0.3) is 10.9 Å². The number of hydrogen-bond donors (Lipinski definition) is 1. The van der Waals surface area contributed by atoms with Crippen molar-refractivity contribution < 1.29 is 9.59 Å². The SMILES string of the molecule is CCCCCn1c(SCC(=O)NC(=O)c2cccn2C)nc2cc(Cl)ccc2c1=O. The number of hydrogen-bond acceptors (Lipinski definition) is 5. The van der Waals surface area contributed by atoms with Crippen molar-refractivity contribution >= 4 is 46.1 Å². The normalized spacial score (nSPS) is 11.0. The van der Waals surface area contributed by atoms with Gasteiger partial charge in [0.1, 0.15) is 5.69 Å². The maximum absolute atomic E-state index is 13.0. The van der Waals surface area contributed by atoms with Crippen LogP contribution in [0.3, 0.4) is 0 Å². The molecule has 3 rings (SSSR count). The molecule has 2 amide bonds. The first-order valence-corrected chi connectivity index (χ1v) is 11.1. The summed E-state index contributed by atoms with van der Waals surface area (Å²) >= 11 is 7.18. The fourth-order valence-electron chi connectivity index (χ4n) is 3.05. The number of rotatable bonds is 8. The van der Waals surface area contributed by atoms with Crippen molar-refractivity contribution in [2.75, 3.05) is 5.75 Å². The van der Waals surface area contributed by atoms with Gasteiger partial charge >= 0.3 is 0 Å². The Hall–Kier alpha value is -2.58. The lowest BCUT2D eigenvalue weighted by Crippen LogP contribution is -2.33. The lowest BCUT2D eigenvalue weighted by molar-refractivity contribution is -0.117. The van der Waals surface area contributed by atoms with Gasteiger partial charge in [-0.25, -0.2) is 4.98 Å². The number of imide groups is 1. The zero-order valence-corrected chi connectivity index (χ0v) is 18.4. The largest absolute Gasteiger partial charge is 0.347 e. The minimum atomic E-state index is -0.466. The maximum atomic E-state index is 13.0. The molecular formula is C21H23ClN4O3S. The van der Waals surface area contributed by atoms with Crippen LogP contribution in [0.2, 0.25) is 5.02 Å². The number of nitrogens with zero attached hydrogens (tertiary/aromatic N) is 3. The molecule has 1 N–H and O–H groups in total. The Balaban J connectivity index is 1.80. The fourth-order valence-corrected chi connectivity index (χ4v) is 4.05. The van der Waals surface area contributed by atoms with Crippen molar-refractivity contribution in [3.8, 4) is 0 Å². The number of benzene rings is 1. The molecule has 2 heterocycles. The van der Waals surface area contributed by atoms with E-state index in [9.17, 15) is 14.4 Å². The van der Waals surface area contributed by atoms with Gasteiger partial charge < -0.3 is 4.57 Å². The number of carbonyl (C=O) groups is 2. The van der Waals surface area contributed by atoms with Gasteiger partial charge in [0.2, 0.25) is 5.91 Å². The second kappa shape index (κ2) is 9.95. The monoisotopic (exact) mass is 446 g/mol. The number of unbranched alkanes of at least 4 members (excludes halogenated alkanes) is 2. The van der Waals surface area contributed by atoms with Gasteiger partial charge in [-0.2, -0.15) is 0 Å². The second-order valence-corrected chi connectivity index (χ2v) is 8.27. The molecule has 0 unspecified atom stereocenters. The first-order chi connectivity index (χ1) is 14.4. The standard InChI is InChI=1S/C21H23ClN4O3S/c1-3-4-5-11-26-20(29)15-9-8-14(22)12-16(15)23-21(26)30-13-18(27)24-19(28)17-7-6-10-25(17)2/h6-10,12H,3-5,11,13H2,1-2H3,(H,24,27,28). The van der Waals surface area contributed by atoms with Gasteiger partial charge in [-0.1, -0.05) is 43.1 Å². The first kappa shape index (κ1) is 22.1. The molecule has 0 saturated carbocycles. The van der Waals surface area contributed by atoms with Crippen LogP contribution in [0, 0.1) is 0 Å². The van der Waals surface area contributed by atoms with E-state index in [0.717, 1.165) is 31.0 Å². The Morgan fingerprint density at radius 3 is 2.73 bits per heavy atom. The molecule has 30 heavy (non-hydrogen) atoms. The van der Waals surface area contributed by atoms with Crippen LogP contribution in [0.4, 0.5) is 0 Å². The molecule has 0 atom stereocenters. The van der Waals surface area contributed by atoms with E-state index >= 15 is 0 Å². The summed E-state index contributed by atoms with van der Waals surface area (Å²) in [5.41, 5.74) is 0.723. The Bertz CT molecular complexity index is 1140. The number of aryl methyl sites for hydroxylation is 1. The van der Waals surface area contributed by atoms with Crippen LogP contribution in [-0.2, 0) is 18.4 Å². The van der Waals surface area contributed by atoms with E-state index in [1.165, 1.54) is 0 Å². The van der Waals surface area contributed by atoms with Gasteiger partial charge in [0.15, 0.2) is 5.16 Å². The number of nitrogens with one attached hydrogen (secondary N) is 1. The number of aromatic nitrogens is 3. The van der Waals surface area contributed by atoms with Crippen LogP contribution in [-0.4, -0.2) is 31.7 Å². The van der Waals surface area contributed by atoms with Crippen LogP contribution in [0.15, 0.2) is 46.5 Å². The highest BCUT2D eigenvalue weighted by molar-refractivity contribution is 7.99. The van der Waals surface area contributed by atoms with E-state index in [-0.39, 0.29) is 11.3 Å². The summed E-state index contributed by atoms with van der Waals surface area (Å²) in [6, 6.07) is 8.34. The molecule has 0 bridgehead atoms. The predicted octanol–water partition coefficient (Wildman–Crippen LogP) is 3.63. The minimum Gasteiger partial charge on any atom is -0.347 e. The second-order valence-electron chi connectivity index (χ2n) is 6.89. The van der Waals surface area contributed by atoms with Gasteiger partial charge in [0.25, 0.3) is 11.5 Å². The molecule has 7 nitrogen and oxygen atoms in total. The summed E-state index contributed by atoms with van der Waals surface area (Å²) in [7, 11) is 1.73. The predicted molar refractivity (Wildman–Crippen MR) is 119 cm³/mol. The highest BCUT2D eigenvalue weighted by Crippen LogP contribution is 2.21. The Morgan fingerprint density at radius 2 is 2.03 bits per heavy atom. The zero-order valence-electron chi connectivity index (χ0n) is 16.9. The van der Waals surface area contributed by atoms with E-state index in [2.05, 4.69) is 17.2 Å². The van der Waals surface area contributed by atoms with Gasteiger partial charge in [0, 0.05) is 24.8 Å². The lowest BCUT2D eigenvalue weighted by atomic mass is 10.2. The van der Waals surface area contributed by atoms with Crippen molar-refractivity contribution in [3.63, 3.8) is 0 Å². The molecule has 158 valence electrons. The molecule has 2 aromatic heterocycles. The van der Waals surface area contributed by atoms with E-state index < -0.39 is 11.8 Å². The molecule has 0 aliphatic rings. The van der Waals surface area contributed by atoms with Crippen molar-refractivity contribution in [1.82, 2.24) is 19.4 Å². The Labute approximate surface area is 183 Å². The molecule has 0 radical (unpaired) electrons. The average molecular weight is 447 g/mol. The third-order valence-electron chi connectivity index (χ3n) is 4.63. The number of fused-ring (bicyclic) bond motifs is 1. The molecule has 9 heteroatoms. The summed E-state index contributed by atoms with van der Waals surface area (Å²) in [6.07, 6.45) is 4.58. The molecule has 3 aromatic rings. The van der Waals surface area contributed by atoms with Crippen LogP contribution in [0.1, 0.15) is 36.7 Å². The van der Waals surface area contributed by atoms with Gasteiger partial charge in [-0.15, -0.1) is 0 Å². The number of thioether (sulfide) groups is 1. The molecule has 1 aromatic carbocycles. The number of amides is 2. The molecule has 0 aliphatic carbocycles. The van der Waals surface area contributed by atoms with Crippen molar-refractivity contribution in [3.05, 3.63) is 57.6 Å². The summed E-state index contributed by atoms with van der Waals surface area (Å²) in [5, 5.41) is 3.78.